The first-order valence-corrected chi connectivity index (χ1v) is 30.4. The van der Waals surface area contributed by atoms with Crippen molar-refractivity contribution in [3.8, 4) is 0 Å². The Morgan fingerprint density at radius 1 is 0.206 bits per heavy atom. The summed E-state index contributed by atoms with van der Waals surface area (Å²) in [7, 11) is 0. The zero-order valence-corrected chi connectivity index (χ0v) is 45.2. The molecular formula is C64H108N4. The van der Waals surface area contributed by atoms with Crippen LogP contribution in [0.3, 0.4) is 0 Å². The Balaban J connectivity index is 1.39. The molecule has 1 aliphatic rings. The molecule has 0 aromatic carbocycles. The molecule has 0 atom stereocenters. The Morgan fingerprint density at radius 3 is 0.485 bits per heavy atom. The van der Waals surface area contributed by atoms with Gasteiger partial charge < -0.3 is 19.9 Å². The van der Waals surface area contributed by atoms with Crippen LogP contribution in [0.15, 0.2) is 48.5 Å². The minimum atomic E-state index is 0.357. The van der Waals surface area contributed by atoms with Crippen LogP contribution >= 0.6 is 0 Å². The van der Waals surface area contributed by atoms with Gasteiger partial charge >= 0.3 is 0 Å². The summed E-state index contributed by atoms with van der Waals surface area (Å²) in [4.78, 5) is 16.7. The zero-order valence-electron chi connectivity index (χ0n) is 45.2. The van der Waals surface area contributed by atoms with Gasteiger partial charge in [-0.15, -0.1) is 0 Å². The van der Waals surface area contributed by atoms with E-state index in [-0.39, 0.29) is 0 Å². The minimum Gasteiger partial charge on any atom is -0.361 e. The smallest absolute Gasteiger partial charge is 0.0391 e. The summed E-state index contributed by atoms with van der Waals surface area (Å²) in [6.45, 7) is 9.30. The molecule has 4 N–H and O–H groups in total. The van der Waals surface area contributed by atoms with E-state index < -0.39 is 0 Å². The van der Waals surface area contributed by atoms with Gasteiger partial charge in [-0.05, 0) is 74.2 Å². The lowest BCUT2D eigenvalue weighted by Gasteiger charge is -2.20. The molecular weight excluding hydrogens is 825 g/mol. The maximum Gasteiger partial charge on any atom is 0.0391 e. The maximum absolute atomic E-state index is 4.17. The maximum atomic E-state index is 4.17. The Labute approximate surface area is 420 Å². The molecule has 5 rings (SSSR count). The van der Waals surface area contributed by atoms with E-state index in [9.17, 15) is 0 Å². The van der Waals surface area contributed by atoms with Crippen LogP contribution < -0.4 is 0 Å². The summed E-state index contributed by atoms with van der Waals surface area (Å²) in [5, 5.41) is 0. The fraction of sp³-hybridized carbons (Fsp3) is 0.750. The average molecular weight is 934 g/mol. The van der Waals surface area contributed by atoms with E-state index in [1.807, 2.05) is 0 Å². The molecule has 0 saturated heterocycles. The Bertz CT molecular complexity index is 1440. The molecule has 1 aliphatic heterocycles. The van der Waals surface area contributed by atoms with Crippen molar-refractivity contribution in [1.82, 2.24) is 19.9 Å². The van der Waals surface area contributed by atoms with Gasteiger partial charge in [0.1, 0.15) is 0 Å². The van der Waals surface area contributed by atoms with Crippen molar-refractivity contribution < 1.29 is 0 Å². The molecule has 384 valence electrons. The highest BCUT2D eigenvalue weighted by Gasteiger charge is 2.27. The van der Waals surface area contributed by atoms with E-state index in [1.165, 1.54) is 302 Å². The van der Waals surface area contributed by atoms with Gasteiger partial charge in [-0.25, -0.2) is 0 Å². The monoisotopic (exact) mass is 933 g/mol. The lowest BCUT2D eigenvalue weighted by Crippen LogP contribution is -2.09. The van der Waals surface area contributed by atoms with Crippen LogP contribution in [-0.4, -0.2) is 19.9 Å². The van der Waals surface area contributed by atoms with Crippen LogP contribution in [0.5, 0.6) is 0 Å². The molecule has 4 nitrogen and oxygen atoms in total. The van der Waals surface area contributed by atoms with Crippen molar-refractivity contribution in [2.45, 2.75) is 308 Å². The normalized spacial score (nSPS) is 17.1. The minimum absolute atomic E-state index is 0.357. The van der Waals surface area contributed by atoms with E-state index in [2.05, 4.69) is 96.2 Å². The number of hydrogen-bond acceptors (Lipinski definition) is 0. The highest BCUT2D eigenvalue weighted by Crippen LogP contribution is 2.39. The molecule has 8 bridgehead atoms. The topological polar surface area (TPSA) is 63.2 Å². The number of aromatic nitrogens is 4. The number of fused-ring (bicyclic) bond motifs is 8. The SMILES string of the molecule is CCCCCCCCCCCC1c2ccc([nH]2)C(CCCCCCCCCCC)c2ccc([nH]2)C(CCCCCCCCCCC)c2ccc([nH]2)C(CCCCCCCCCCC)c2ccc1[nH]2. The number of rotatable bonds is 40. The van der Waals surface area contributed by atoms with E-state index in [0.29, 0.717) is 23.7 Å². The van der Waals surface area contributed by atoms with Crippen LogP contribution in [0, 0.1) is 0 Å². The molecule has 0 spiro atoms. The van der Waals surface area contributed by atoms with Gasteiger partial charge in [-0.1, -0.05) is 259 Å². The average Bonchev–Trinajstić information content (AvgIpc) is 4.21. The van der Waals surface area contributed by atoms with Crippen molar-refractivity contribution in [3.05, 3.63) is 94.1 Å². The first kappa shape index (κ1) is 56.0. The molecule has 0 saturated carbocycles. The molecule has 0 aliphatic carbocycles. The first-order valence-electron chi connectivity index (χ1n) is 30.4. The van der Waals surface area contributed by atoms with E-state index >= 15 is 0 Å². The van der Waals surface area contributed by atoms with Gasteiger partial charge in [0.2, 0.25) is 0 Å². The highest BCUT2D eigenvalue weighted by atomic mass is 14.8. The van der Waals surface area contributed by atoms with Gasteiger partial charge in [0.15, 0.2) is 0 Å². The summed E-state index contributed by atoms with van der Waals surface area (Å²) in [5.74, 6) is 1.43. The van der Waals surface area contributed by atoms with Gasteiger partial charge in [0.25, 0.3) is 0 Å². The lowest BCUT2D eigenvalue weighted by atomic mass is 9.94. The fourth-order valence-electron chi connectivity index (χ4n) is 11.9. The largest absolute Gasteiger partial charge is 0.361 e. The van der Waals surface area contributed by atoms with Crippen LogP contribution in [0.25, 0.3) is 0 Å². The van der Waals surface area contributed by atoms with Gasteiger partial charge in [0.05, 0.1) is 0 Å². The number of H-pyrrole nitrogens is 4. The third-order valence-corrected chi connectivity index (χ3v) is 16.3. The summed E-state index contributed by atoms with van der Waals surface area (Å²) in [6.07, 6.45) is 54.2. The van der Waals surface area contributed by atoms with Crippen molar-refractivity contribution >= 4 is 0 Å². The third-order valence-electron chi connectivity index (χ3n) is 16.3. The van der Waals surface area contributed by atoms with Gasteiger partial charge in [-0.3, -0.25) is 0 Å². The summed E-state index contributed by atoms with van der Waals surface area (Å²) < 4.78 is 0. The number of hydrogen-bond donors (Lipinski definition) is 4. The molecule has 4 aromatic rings. The molecule has 0 fully saturated rings. The second-order valence-corrected chi connectivity index (χ2v) is 22.2. The molecule has 0 radical (unpaired) electrons. The number of aromatic amines is 4. The molecule has 4 aromatic heterocycles. The summed E-state index contributed by atoms with van der Waals surface area (Å²) in [6, 6.07) is 19.8. The van der Waals surface area contributed by atoms with Crippen LogP contribution in [-0.2, 0) is 0 Å². The number of nitrogens with one attached hydrogen (secondary N) is 4. The third kappa shape index (κ3) is 20.5. The quantitative estimate of drug-likeness (QED) is 0.0321. The fourth-order valence-corrected chi connectivity index (χ4v) is 11.9. The molecule has 0 amide bonds. The van der Waals surface area contributed by atoms with Crippen molar-refractivity contribution in [3.63, 3.8) is 0 Å². The van der Waals surface area contributed by atoms with Crippen LogP contribution in [0.4, 0.5) is 0 Å². The Morgan fingerprint density at radius 2 is 0.338 bits per heavy atom. The van der Waals surface area contributed by atoms with Gasteiger partial charge in [0, 0.05) is 69.2 Å². The predicted octanol–water partition coefficient (Wildman–Crippen LogP) is 21.5. The molecule has 68 heavy (non-hydrogen) atoms. The number of unbranched alkanes of at least 4 members (excludes halogenated alkanes) is 32. The van der Waals surface area contributed by atoms with Crippen LogP contribution in [0.2, 0.25) is 0 Å². The zero-order chi connectivity index (χ0) is 47.7. The first-order chi connectivity index (χ1) is 33.7. The Hall–Kier alpha value is -2.88. The van der Waals surface area contributed by atoms with Crippen molar-refractivity contribution in [1.29, 1.82) is 0 Å². The van der Waals surface area contributed by atoms with Crippen molar-refractivity contribution in [2.24, 2.45) is 0 Å². The Kier molecular flexibility index (Phi) is 29.1. The molecule has 5 heterocycles. The summed E-state index contributed by atoms with van der Waals surface area (Å²) >= 11 is 0. The second kappa shape index (κ2) is 35.3. The molecule has 4 heteroatoms. The van der Waals surface area contributed by atoms with E-state index in [0.717, 1.165) is 0 Å². The second-order valence-electron chi connectivity index (χ2n) is 22.2. The predicted molar refractivity (Wildman–Crippen MR) is 298 cm³/mol. The van der Waals surface area contributed by atoms with Crippen molar-refractivity contribution in [2.75, 3.05) is 0 Å². The lowest BCUT2D eigenvalue weighted by molar-refractivity contribution is 0.531. The molecule has 0 unspecified atom stereocenters. The van der Waals surface area contributed by atoms with Crippen LogP contribution in [0.1, 0.15) is 354 Å². The highest BCUT2D eigenvalue weighted by molar-refractivity contribution is 5.37. The van der Waals surface area contributed by atoms with E-state index in [1.54, 1.807) is 0 Å². The van der Waals surface area contributed by atoms with Gasteiger partial charge in [-0.2, -0.15) is 0 Å². The van der Waals surface area contributed by atoms with E-state index in [4.69, 9.17) is 0 Å². The summed E-state index contributed by atoms with van der Waals surface area (Å²) in [5.41, 5.74) is 11.3. The standard InChI is InChI=1S/C64H108N4/c1-5-9-13-17-21-25-29-33-37-41-53-57-45-47-59(65-57)54(42-38-34-30-26-22-18-14-10-6-2)61-49-51-63(67-61)56(44-40-36-32-28-24-20-16-12-8-4)64-52-50-62(68-64)55(60-48-46-58(53)66-60)43-39-35-31-27-23-19-15-11-7-3/h45-56,65-68H,5-44H2,1-4H3.